The third-order valence-electron chi connectivity index (χ3n) is 3.99. The number of hydrogen-bond acceptors (Lipinski definition) is 4. The van der Waals surface area contributed by atoms with Gasteiger partial charge in [-0.25, -0.2) is 9.67 Å². The normalized spacial score (nSPS) is 11.9. The van der Waals surface area contributed by atoms with Crippen LogP contribution in [0, 0.1) is 5.92 Å². The Hall–Kier alpha value is -3.17. The van der Waals surface area contributed by atoms with Gasteiger partial charge in [0.1, 0.15) is 18.3 Å². The number of rotatable bonds is 5. The Kier molecular flexibility index (Phi) is 5.21. The fraction of sp³-hybridized carbons (Fsp3) is 0.333. The fourth-order valence-corrected chi connectivity index (χ4v) is 2.59. The lowest BCUT2D eigenvalue weighted by Crippen LogP contribution is -2.34. The molecule has 1 N–H and O–H groups in total. The molecule has 1 aromatic carbocycles. The van der Waals surface area contributed by atoms with E-state index in [2.05, 4.69) is 15.4 Å². The molecule has 2 aromatic heterocycles. The number of fused-ring (bicyclic) bond motifs is 1. The van der Waals surface area contributed by atoms with E-state index in [1.807, 2.05) is 13.8 Å². The van der Waals surface area contributed by atoms with Gasteiger partial charge in [0.25, 0.3) is 5.56 Å². The monoisotopic (exact) mass is 393 g/mol. The van der Waals surface area contributed by atoms with Crippen LogP contribution in [0.1, 0.15) is 19.4 Å². The molecule has 0 bridgehead atoms. The Labute approximate surface area is 157 Å². The van der Waals surface area contributed by atoms with Crippen LogP contribution in [0.4, 0.5) is 13.2 Å². The molecule has 7 nitrogen and oxygen atoms in total. The summed E-state index contributed by atoms with van der Waals surface area (Å²) in [4.78, 5) is 28.6. The summed E-state index contributed by atoms with van der Waals surface area (Å²) in [6.07, 6.45) is -2.08. The highest BCUT2D eigenvalue weighted by atomic mass is 19.4. The molecule has 3 aromatic rings. The molecular weight excluding hydrogens is 375 g/mol. The maximum Gasteiger partial charge on any atom is 0.416 e. The zero-order valence-electron chi connectivity index (χ0n) is 15.2. The summed E-state index contributed by atoms with van der Waals surface area (Å²) in [5.41, 5.74) is -1.08. The summed E-state index contributed by atoms with van der Waals surface area (Å²) < 4.78 is 41.1. The average Bonchev–Trinajstić information content (AvgIpc) is 3.06. The Morgan fingerprint density at radius 2 is 2.04 bits per heavy atom. The third kappa shape index (κ3) is 4.05. The average molecular weight is 393 g/mol. The molecule has 0 radical (unpaired) electrons. The number of alkyl halides is 3. The first-order chi connectivity index (χ1) is 13.2. The van der Waals surface area contributed by atoms with Crippen LogP contribution in [-0.4, -0.2) is 31.8 Å². The summed E-state index contributed by atoms with van der Waals surface area (Å²) in [6.45, 7) is 4.17. The van der Waals surface area contributed by atoms with Crippen molar-refractivity contribution in [2.75, 3.05) is 6.54 Å². The van der Waals surface area contributed by atoms with Crippen molar-refractivity contribution in [2.45, 2.75) is 26.6 Å². The van der Waals surface area contributed by atoms with E-state index >= 15 is 0 Å². The molecule has 0 aliphatic carbocycles. The van der Waals surface area contributed by atoms with Gasteiger partial charge in [-0.3, -0.25) is 14.2 Å². The molecule has 3 rings (SSSR count). The lowest BCUT2D eigenvalue weighted by atomic mass is 10.2. The molecule has 0 unspecified atom stereocenters. The smallest absolute Gasteiger partial charge is 0.354 e. The minimum atomic E-state index is -4.50. The van der Waals surface area contributed by atoms with E-state index in [9.17, 15) is 22.8 Å². The molecule has 1 amide bonds. The molecule has 2 heterocycles. The van der Waals surface area contributed by atoms with E-state index in [1.54, 1.807) is 0 Å². The lowest BCUT2D eigenvalue weighted by molar-refractivity contribution is -0.137. The number of carbonyl (C=O) groups is 1. The zero-order valence-corrected chi connectivity index (χ0v) is 15.2. The summed E-state index contributed by atoms with van der Waals surface area (Å²) in [6, 6.07) is 4.57. The van der Waals surface area contributed by atoms with Crippen LogP contribution in [0.2, 0.25) is 0 Å². The first-order valence-electron chi connectivity index (χ1n) is 8.54. The predicted octanol–water partition coefficient (Wildman–Crippen LogP) is 2.37. The highest BCUT2D eigenvalue weighted by Gasteiger charge is 2.30. The molecule has 0 spiro atoms. The quantitative estimate of drug-likeness (QED) is 0.722. The second-order valence-corrected chi connectivity index (χ2v) is 6.72. The number of nitrogens with zero attached hydrogens (tertiary/aromatic N) is 4. The Morgan fingerprint density at radius 3 is 2.71 bits per heavy atom. The second kappa shape index (κ2) is 7.45. The van der Waals surface area contributed by atoms with Crippen LogP contribution >= 0.6 is 0 Å². The predicted molar refractivity (Wildman–Crippen MR) is 96.0 cm³/mol. The number of amides is 1. The van der Waals surface area contributed by atoms with Crippen molar-refractivity contribution in [1.82, 2.24) is 24.6 Å². The lowest BCUT2D eigenvalue weighted by Gasteiger charge is -2.10. The molecular formula is C18H18F3N5O2. The summed E-state index contributed by atoms with van der Waals surface area (Å²) in [5, 5.41) is 6.81. The minimum absolute atomic E-state index is 0.108. The molecule has 0 aliphatic rings. The molecule has 0 saturated heterocycles. The fourth-order valence-electron chi connectivity index (χ4n) is 2.59. The maximum absolute atomic E-state index is 12.9. The van der Waals surface area contributed by atoms with Crippen LogP contribution in [0.5, 0.6) is 0 Å². The Balaban J connectivity index is 1.94. The van der Waals surface area contributed by atoms with Gasteiger partial charge < -0.3 is 5.32 Å². The largest absolute Gasteiger partial charge is 0.416 e. The van der Waals surface area contributed by atoms with Gasteiger partial charge in [0, 0.05) is 6.54 Å². The number of nitrogens with one attached hydrogen (secondary N) is 1. The van der Waals surface area contributed by atoms with Crippen molar-refractivity contribution in [1.29, 1.82) is 0 Å². The Bertz CT molecular complexity index is 1070. The van der Waals surface area contributed by atoms with Gasteiger partial charge in [0.2, 0.25) is 5.91 Å². The van der Waals surface area contributed by atoms with E-state index < -0.39 is 17.3 Å². The van der Waals surface area contributed by atoms with Gasteiger partial charge in [-0.2, -0.15) is 18.3 Å². The van der Waals surface area contributed by atoms with Crippen LogP contribution in [0.25, 0.3) is 16.7 Å². The Morgan fingerprint density at radius 1 is 1.29 bits per heavy atom. The van der Waals surface area contributed by atoms with Gasteiger partial charge in [-0.1, -0.05) is 19.9 Å². The number of hydrogen-bond donors (Lipinski definition) is 1. The zero-order chi connectivity index (χ0) is 20.5. The van der Waals surface area contributed by atoms with Crippen molar-refractivity contribution < 1.29 is 18.0 Å². The van der Waals surface area contributed by atoms with Gasteiger partial charge in [-0.05, 0) is 24.1 Å². The van der Waals surface area contributed by atoms with Crippen molar-refractivity contribution in [3.05, 3.63) is 52.7 Å². The van der Waals surface area contributed by atoms with E-state index in [-0.39, 0.29) is 35.1 Å². The van der Waals surface area contributed by atoms with E-state index in [1.165, 1.54) is 24.7 Å². The van der Waals surface area contributed by atoms with E-state index in [0.29, 0.717) is 6.54 Å². The summed E-state index contributed by atoms with van der Waals surface area (Å²) in [5.74, 6) is -0.0609. The third-order valence-corrected chi connectivity index (χ3v) is 3.99. The molecule has 0 aliphatic heterocycles. The molecule has 10 heteroatoms. The SMILES string of the molecule is CC(C)CNC(=O)Cn1cnc2c(cnn2-c2cccc(C(F)(F)F)c2)c1=O. The van der Waals surface area contributed by atoms with Crippen molar-refractivity contribution >= 4 is 16.9 Å². The van der Waals surface area contributed by atoms with Gasteiger partial charge in [0.15, 0.2) is 5.65 Å². The standard InChI is InChI=1S/C18H18F3N5O2/c1-11(2)7-22-15(27)9-25-10-23-16-14(17(25)28)8-24-26(16)13-5-3-4-12(6-13)18(19,20)21/h3-6,8,10-11H,7,9H2,1-2H3,(H,22,27). The minimum Gasteiger partial charge on any atom is -0.354 e. The first kappa shape index (κ1) is 19.6. The van der Waals surface area contributed by atoms with Crippen LogP contribution < -0.4 is 10.9 Å². The highest BCUT2D eigenvalue weighted by molar-refractivity contribution is 5.77. The molecule has 148 valence electrons. The molecule has 0 atom stereocenters. The number of benzene rings is 1. The van der Waals surface area contributed by atoms with Crippen LogP contribution in [-0.2, 0) is 17.5 Å². The number of carbonyl (C=O) groups excluding carboxylic acids is 1. The van der Waals surface area contributed by atoms with E-state index in [4.69, 9.17) is 0 Å². The second-order valence-electron chi connectivity index (χ2n) is 6.72. The van der Waals surface area contributed by atoms with Gasteiger partial charge in [0.05, 0.1) is 17.4 Å². The molecule has 28 heavy (non-hydrogen) atoms. The highest BCUT2D eigenvalue weighted by Crippen LogP contribution is 2.30. The molecule has 0 fully saturated rings. The first-order valence-corrected chi connectivity index (χ1v) is 8.54. The molecule has 0 saturated carbocycles. The van der Waals surface area contributed by atoms with Gasteiger partial charge in [-0.15, -0.1) is 0 Å². The summed E-state index contributed by atoms with van der Waals surface area (Å²) >= 11 is 0. The maximum atomic E-state index is 12.9. The summed E-state index contributed by atoms with van der Waals surface area (Å²) in [7, 11) is 0. The topological polar surface area (TPSA) is 81.8 Å². The van der Waals surface area contributed by atoms with Crippen LogP contribution in [0.15, 0.2) is 41.6 Å². The van der Waals surface area contributed by atoms with Crippen molar-refractivity contribution in [3.63, 3.8) is 0 Å². The van der Waals surface area contributed by atoms with Crippen molar-refractivity contribution in [3.8, 4) is 5.69 Å². The number of halogens is 3. The van der Waals surface area contributed by atoms with Gasteiger partial charge >= 0.3 is 6.18 Å². The van der Waals surface area contributed by atoms with Crippen molar-refractivity contribution in [2.24, 2.45) is 5.92 Å². The number of aromatic nitrogens is 4. The van der Waals surface area contributed by atoms with Crippen LogP contribution in [0.3, 0.4) is 0 Å². The van der Waals surface area contributed by atoms with E-state index in [0.717, 1.165) is 21.4 Å².